The molecular weight excluding hydrogens is 180 g/mol. The number of hydrogen-bond acceptors (Lipinski definition) is 3. The second kappa shape index (κ2) is 4.87. The number of carbonyl (C=O) groups is 1. The van der Waals surface area contributed by atoms with Crippen LogP contribution >= 0.6 is 0 Å². The Kier molecular flexibility index (Phi) is 3.50. The molecule has 0 aliphatic heterocycles. The lowest BCUT2D eigenvalue weighted by molar-refractivity contribution is 0.0954. The molecule has 1 rings (SSSR count). The van der Waals surface area contributed by atoms with E-state index in [-0.39, 0.29) is 18.1 Å². The molecular formula is C10H10N2O2. The summed E-state index contributed by atoms with van der Waals surface area (Å²) in [5.74, 6) is -0.228. The lowest BCUT2D eigenvalue weighted by atomic mass is 10.2. The molecule has 0 heterocycles. The van der Waals surface area contributed by atoms with E-state index < -0.39 is 0 Å². The van der Waals surface area contributed by atoms with E-state index in [4.69, 9.17) is 10.4 Å². The van der Waals surface area contributed by atoms with Gasteiger partial charge in [-0.1, -0.05) is 6.07 Å². The molecule has 14 heavy (non-hydrogen) atoms. The van der Waals surface area contributed by atoms with E-state index in [1.165, 1.54) is 12.1 Å². The molecule has 0 unspecified atom stereocenters. The molecule has 1 amide bonds. The first-order chi connectivity index (χ1) is 6.74. The third-order valence-corrected chi connectivity index (χ3v) is 1.63. The molecule has 0 fully saturated rings. The van der Waals surface area contributed by atoms with Crippen molar-refractivity contribution in [1.82, 2.24) is 5.32 Å². The molecule has 1 aromatic carbocycles. The van der Waals surface area contributed by atoms with Crippen molar-refractivity contribution in [2.45, 2.75) is 6.42 Å². The van der Waals surface area contributed by atoms with Crippen molar-refractivity contribution in [2.24, 2.45) is 0 Å². The summed E-state index contributed by atoms with van der Waals surface area (Å²) in [4.78, 5) is 11.3. The Morgan fingerprint density at radius 1 is 1.57 bits per heavy atom. The van der Waals surface area contributed by atoms with E-state index in [0.29, 0.717) is 12.1 Å². The molecule has 0 aliphatic rings. The summed E-state index contributed by atoms with van der Waals surface area (Å²) >= 11 is 0. The lowest BCUT2D eigenvalue weighted by Crippen LogP contribution is -2.23. The first-order valence-corrected chi connectivity index (χ1v) is 4.18. The van der Waals surface area contributed by atoms with E-state index in [2.05, 4.69) is 5.32 Å². The minimum Gasteiger partial charge on any atom is -0.508 e. The van der Waals surface area contributed by atoms with E-state index in [1.807, 2.05) is 6.07 Å². The molecule has 72 valence electrons. The number of benzene rings is 1. The van der Waals surface area contributed by atoms with Crippen molar-refractivity contribution in [1.29, 1.82) is 5.26 Å². The summed E-state index contributed by atoms with van der Waals surface area (Å²) in [7, 11) is 0. The molecule has 0 aromatic heterocycles. The number of nitrogens with zero attached hydrogens (tertiary/aromatic N) is 1. The number of hydrogen-bond donors (Lipinski definition) is 2. The van der Waals surface area contributed by atoms with Gasteiger partial charge in [-0.05, 0) is 18.2 Å². The van der Waals surface area contributed by atoms with Crippen LogP contribution in [0.3, 0.4) is 0 Å². The molecule has 0 radical (unpaired) electrons. The summed E-state index contributed by atoms with van der Waals surface area (Å²) in [6.45, 7) is 0.324. The first kappa shape index (κ1) is 10.1. The number of phenolic OH excluding ortho intramolecular Hbond substituents is 1. The van der Waals surface area contributed by atoms with Gasteiger partial charge in [0.2, 0.25) is 0 Å². The van der Waals surface area contributed by atoms with Crippen LogP contribution in [-0.2, 0) is 0 Å². The van der Waals surface area contributed by atoms with Crippen LogP contribution in [0, 0.1) is 11.3 Å². The zero-order valence-electron chi connectivity index (χ0n) is 7.53. The highest BCUT2D eigenvalue weighted by atomic mass is 16.3. The Morgan fingerprint density at radius 2 is 2.36 bits per heavy atom. The van der Waals surface area contributed by atoms with Crippen LogP contribution in [0.4, 0.5) is 0 Å². The zero-order chi connectivity index (χ0) is 10.4. The molecule has 0 saturated carbocycles. The van der Waals surface area contributed by atoms with Crippen molar-refractivity contribution in [3.8, 4) is 11.8 Å². The highest BCUT2D eigenvalue weighted by molar-refractivity contribution is 5.94. The lowest BCUT2D eigenvalue weighted by Gasteiger charge is -2.02. The highest BCUT2D eigenvalue weighted by Gasteiger charge is 2.04. The molecule has 0 bridgehead atoms. The number of nitriles is 1. The van der Waals surface area contributed by atoms with Gasteiger partial charge in [-0.25, -0.2) is 0 Å². The van der Waals surface area contributed by atoms with Crippen LogP contribution in [0.5, 0.6) is 5.75 Å². The Balaban J connectivity index is 2.57. The second-order valence-corrected chi connectivity index (χ2v) is 2.71. The van der Waals surface area contributed by atoms with Gasteiger partial charge in [0.25, 0.3) is 5.91 Å². The van der Waals surface area contributed by atoms with Gasteiger partial charge in [0, 0.05) is 12.1 Å². The van der Waals surface area contributed by atoms with Crippen molar-refractivity contribution in [2.75, 3.05) is 6.54 Å². The Labute approximate surface area is 81.8 Å². The highest BCUT2D eigenvalue weighted by Crippen LogP contribution is 2.10. The van der Waals surface area contributed by atoms with Gasteiger partial charge >= 0.3 is 0 Å². The molecule has 4 nitrogen and oxygen atoms in total. The monoisotopic (exact) mass is 190 g/mol. The molecule has 2 N–H and O–H groups in total. The number of phenols is 1. The summed E-state index contributed by atoms with van der Waals surface area (Å²) in [5, 5.41) is 19.9. The molecule has 0 atom stereocenters. The largest absolute Gasteiger partial charge is 0.508 e. The van der Waals surface area contributed by atoms with Gasteiger partial charge in [0.1, 0.15) is 5.75 Å². The molecule has 0 saturated heterocycles. The first-order valence-electron chi connectivity index (χ1n) is 4.18. The zero-order valence-corrected chi connectivity index (χ0v) is 7.53. The smallest absolute Gasteiger partial charge is 0.251 e. The normalized spacial score (nSPS) is 9.07. The maximum Gasteiger partial charge on any atom is 0.251 e. The van der Waals surface area contributed by atoms with E-state index >= 15 is 0 Å². The summed E-state index contributed by atoms with van der Waals surface area (Å²) in [6.07, 6.45) is 0.282. The number of amides is 1. The van der Waals surface area contributed by atoms with E-state index in [1.54, 1.807) is 12.1 Å². The minimum atomic E-state index is -0.281. The van der Waals surface area contributed by atoms with Gasteiger partial charge in [-0.15, -0.1) is 0 Å². The van der Waals surface area contributed by atoms with Gasteiger partial charge in [0.15, 0.2) is 0 Å². The predicted molar refractivity (Wildman–Crippen MR) is 50.7 cm³/mol. The van der Waals surface area contributed by atoms with Crippen LogP contribution in [0.25, 0.3) is 0 Å². The number of nitrogens with one attached hydrogen (secondary N) is 1. The maximum absolute atomic E-state index is 11.3. The van der Waals surface area contributed by atoms with Crippen LogP contribution in [-0.4, -0.2) is 17.6 Å². The van der Waals surface area contributed by atoms with E-state index in [0.717, 1.165) is 0 Å². The quantitative estimate of drug-likeness (QED) is 0.699. The fourth-order valence-electron chi connectivity index (χ4n) is 0.981. The summed E-state index contributed by atoms with van der Waals surface area (Å²) in [5.41, 5.74) is 0.392. The van der Waals surface area contributed by atoms with Crippen LogP contribution < -0.4 is 5.32 Å². The molecule has 4 heteroatoms. The topological polar surface area (TPSA) is 73.1 Å². The molecule has 0 spiro atoms. The SMILES string of the molecule is N#CCCNC(=O)c1cccc(O)c1. The van der Waals surface area contributed by atoms with Gasteiger partial charge in [0.05, 0.1) is 12.5 Å². The van der Waals surface area contributed by atoms with E-state index in [9.17, 15) is 4.79 Å². The summed E-state index contributed by atoms with van der Waals surface area (Å²) in [6, 6.07) is 7.98. The number of carbonyl (C=O) groups excluding carboxylic acids is 1. The van der Waals surface area contributed by atoms with Crippen molar-refractivity contribution in [3.63, 3.8) is 0 Å². The fraction of sp³-hybridized carbons (Fsp3) is 0.200. The second-order valence-electron chi connectivity index (χ2n) is 2.71. The Hall–Kier alpha value is -2.02. The van der Waals surface area contributed by atoms with Crippen molar-refractivity contribution >= 4 is 5.91 Å². The predicted octanol–water partition coefficient (Wildman–Crippen LogP) is 1.04. The maximum atomic E-state index is 11.3. The average Bonchev–Trinajstić information content (AvgIpc) is 2.18. The Morgan fingerprint density at radius 3 is 3.00 bits per heavy atom. The van der Waals surface area contributed by atoms with Gasteiger partial charge in [-0.2, -0.15) is 5.26 Å². The Bertz CT molecular complexity index is 369. The standard InChI is InChI=1S/C10H10N2O2/c11-5-2-6-12-10(14)8-3-1-4-9(13)7-8/h1,3-4,7,13H,2,6H2,(H,12,14). The van der Waals surface area contributed by atoms with Crippen LogP contribution in [0.15, 0.2) is 24.3 Å². The fourth-order valence-corrected chi connectivity index (χ4v) is 0.981. The van der Waals surface area contributed by atoms with Gasteiger partial charge < -0.3 is 10.4 Å². The molecule has 1 aromatic rings. The third-order valence-electron chi connectivity index (χ3n) is 1.63. The average molecular weight is 190 g/mol. The van der Waals surface area contributed by atoms with Gasteiger partial charge in [-0.3, -0.25) is 4.79 Å². The third kappa shape index (κ3) is 2.79. The minimum absolute atomic E-state index is 0.0536. The van der Waals surface area contributed by atoms with Crippen molar-refractivity contribution < 1.29 is 9.90 Å². The number of aromatic hydroxyl groups is 1. The van der Waals surface area contributed by atoms with Crippen molar-refractivity contribution in [3.05, 3.63) is 29.8 Å². The van der Waals surface area contributed by atoms with Crippen LogP contribution in [0.2, 0.25) is 0 Å². The van der Waals surface area contributed by atoms with Crippen LogP contribution in [0.1, 0.15) is 16.8 Å². The summed E-state index contributed by atoms with van der Waals surface area (Å²) < 4.78 is 0. The molecule has 0 aliphatic carbocycles. The number of rotatable bonds is 3.